The Labute approximate surface area is 120 Å². The van der Waals surface area contributed by atoms with Crippen LogP contribution in [0, 0.1) is 5.92 Å². The van der Waals surface area contributed by atoms with Gasteiger partial charge in [0.15, 0.2) is 0 Å². The van der Waals surface area contributed by atoms with E-state index < -0.39 is 0 Å². The van der Waals surface area contributed by atoms with Crippen molar-refractivity contribution >= 4 is 11.6 Å². The van der Waals surface area contributed by atoms with Crippen molar-refractivity contribution in [3.05, 3.63) is 24.0 Å². The van der Waals surface area contributed by atoms with Gasteiger partial charge in [-0.25, -0.2) is 4.98 Å². The second-order valence-corrected chi connectivity index (χ2v) is 5.47. The fourth-order valence-electron chi connectivity index (χ4n) is 2.51. The average Bonchev–Trinajstić information content (AvgIpc) is 2.49. The van der Waals surface area contributed by atoms with Crippen molar-refractivity contribution in [2.24, 2.45) is 5.92 Å². The van der Waals surface area contributed by atoms with E-state index in [0.717, 1.165) is 24.6 Å². The van der Waals surface area contributed by atoms with Crippen LogP contribution >= 0.6 is 0 Å². The smallest absolute Gasteiger partial charge is 0.269 e. The quantitative estimate of drug-likeness (QED) is 0.857. The Morgan fingerprint density at radius 3 is 2.75 bits per heavy atom. The number of likely N-dealkylation sites (tertiary alicyclic amines) is 1. The van der Waals surface area contributed by atoms with Crippen molar-refractivity contribution < 1.29 is 4.79 Å². The minimum absolute atomic E-state index is 0.0828. The number of hydrogen-bond acceptors (Lipinski definition) is 4. The molecule has 2 N–H and O–H groups in total. The van der Waals surface area contributed by atoms with Crippen molar-refractivity contribution in [1.29, 1.82) is 0 Å². The Hall–Kier alpha value is -1.62. The molecule has 0 unspecified atom stereocenters. The maximum atomic E-state index is 11.9. The van der Waals surface area contributed by atoms with Crippen LogP contribution in [0.4, 0.5) is 5.69 Å². The molecule has 1 aromatic heterocycles. The van der Waals surface area contributed by atoms with Crippen LogP contribution in [0.5, 0.6) is 0 Å². The first kappa shape index (κ1) is 14.8. The van der Waals surface area contributed by atoms with Gasteiger partial charge in [0, 0.05) is 13.6 Å². The summed E-state index contributed by atoms with van der Waals surface area (Å²) in [4.78, 5) is 18.4. The third-order valence-corrected chi connectivity index (χ3v) is 3.96. The molecular formula is C15H24N4O. The molecule has 1 aliphatic heterocycles. The summed E-state index contributed by atoms with van der Waals surface area (Å²) in [5.74, 6) is 0.659. The maximum Gasteiger partial charge on any atom is 0.269 e. The second-order valence-electron chi connectivity index (χ2n) is 5.47. The topological polar surface area (TPSA) is 57.3 Å². The monoisotopic (exact) mass is 276 g/mol. The van der Waals surface area contributed by atoms with Crippen LogP contribution in [0.3, 0.4) is 0 Å². The number of carbonyl (C=O) groups excluding carboxylic acids is 1. The molecule has 110 valence electrons. The number of piperidine rings is 1. The van der Waals surface area contributed by atoms with Gasteiger partial charge >= 0.3 is 0 Å². The van der Waals surface area contributed by atoms with E-state index in [0.29, 0.717) is 5.69 Å². The highest BCUT2D eigenvalue weighted by molar-refractivity contribution is 5.92. The number of hydrogen-bond donors (Lipinski definition) is 2. The van der Waals surface area contributed by atoms with Gasteiger partial charge in [0.1, 0.15) is 5.69 Å². The van der Waals surface area contributed by atoms with Crippen LogP contribution in [-0.2, 0) is 0 Å². The molecule has 0 spiro atoms. The number of rotatable bonds is 5. The molecule has 1 saturated heterocycles. The van der Waals surface area contributed by atoms with Gasteiger partial charge in [0.25, 0.3) is 5.91 Å². The standard InChI is InChI=1S/C15H24N4O/c1-16-13-3-4-14(18-11-13)15(20)17-8-5-12-6-9-19(2)10-7-12/h3-4,11-12,16H,5-10H2,1-2H3,(H,17,20). The lowest BCUT2D eigenvalue weighted by molar-refractivity contribution is 0.0944. The predicted octanol–water partition coefficient (Wildman–Crippen LogP) is 1.58. The number of aromatic nitrogens is 1. The number of nitrogens with one attached hydrogen (secondary N) is 2. The van der Waals surface area contributed by atoms with Crippen LogP contribution < -0.4 is 10.6 Å². The molecule has 0 atom stereocenters. The summed E-state index contributed by atoms with van der Waals surface area (Å²) in [6, 6.07) is 3.61. The molecule has 1 amide bonds. The third kappa shape index (κ3) is 4.20. The lowest BCUT2D eigenvalue weighted by Crippen LogP contribution is -2.32. The minimum Gasteiger partial charge on any atom is -0.387 e. The first-order valence-electron chi connectivity index (χ1n) is 7.29. The summed E-state index contributed by atoms with van der Waals surface area (Å²) in [6.45, 7) is 3.08. The summed E-state index contributed by atoms with van der Waals surface area (Å²) in [5.41, 5.74) is 1.39. The number of carbonyl (C=O) groups is 1. The largest absolute Gasteiger partial charge is 0.387 e. The number of nitrogens with zero attached hydrogens (tertiary/aromatic N) is 2. The Kier molecular flexibility index (Phi) is 5.35. The van der Waals surface area contributed by atoms with Crippen LogP contribution in [0.2, 0.25) is 0 Å². The van der Waals surface area contributed by atoms with Crippen LogP contribution in [0.25, 0.3) is 0 Å². The Balaban J connectivity index is 1.71. The maximum absolute atomic E-state index is 11.9. The van der Waals surface area contributed by atoms with Crippen molar-refractivity contribution in [3.8, 4) is 0 Å². The van der Waals surface area contributed by atoms with Gasteiger partial charge in [-0.3, -0.25) is 4.79 Å². The molecule has 1 aliphatic rings. The van der Waals surface area contributed by atoms with E-state index in [1.807, 2.05) is 13.1 Å². The van der Waals surface area contributed by atoms with Gasteiger partial charge in [-0.05, 0) is 57.5 Å². The van der Waals surface area contributed by atoms with Gasteiger partial charge in [0.2, 0.25) is 0 Å². The molecule has 2 heterocycles. The van der Waals surface area contributed by atoms with Gasteiger partial charge in [-0.15, -0.1) is 0 Å². The van der Waals surface area contributed by atoms with E-state index in [1.165, 1.54) is 25.9 Å². The van der Waals surface area contributed by atoms with E-state index in [1.54, 1.807) is 12.3 Å². The third-order valence-electron chi connectivity index (χ3n) is 3.96. The normalized spacial score (nSPS) is 16.9. The fourth-order valence-corrected chi connectivity index (χ4v) is 2.51. The molecule has 0 aliphatic carbocycles. The second kappa shape index (κ2) is 7.24. The van der Waals surface area contributed by atoms with Crippen molar-refractivity contribution in [2.75, 3.05) is 39.0 Å². The van der Waals surface area contributed by atoms with Crippen molar-refractivity contribution in [2.45, 2.75) is 19.3 Å². The van der Waals surface area contributed by atoms with E-state index in [9.17, 15) is 4.79 Å². The molecule has 0 radical (unpaired) electrons. The summed E-state index contributed by atoms with van der Waals surface area (Å²) in [5, 5.41) is 5.94. The molecule has 1 fully saturated rings. The molecule has 20 heavy (non-hydrogen) atoms. The summed E-state index contributed by atoms with van der Waals surface area (Å²) >= 11 is 0. The van der Waals surface area contributed by atoms with Gasteiger partial charge in [-0.1, -0.05) is 0 Å². The van der Waals surface area contributed by atoms with Gasteiger partial charge in [0.05, 0.1) is 11.9 Å². The van der Waals surface area contributed by atoms with E-state index in [4.69, 9.17) is 0 Å². The molecule has 5 nitrogen and oxygen atoms in total. The predicted molar refractivity (Wildman–Crippen MR) is 81.0 cm³/mol. The van der Waals surface area contributed by atoms with Crippen LogP contribution in [0.15, 0.2) is 18.3 Å². The lowest BCUT2D eigenvalue weighted by Gasteiger charge is -2.28. The first-order chi connectivity index (χ1) is 9.69. The zero-order chi connectivity index (χ0) is 14.4. The van der Waals surface area contributed by atoms with E-state index >= 15 is 0 Å². The zero-order valence-corrected chi connectivity index (χ0v) is 12.4. The first-order valence-corrected chi connectivity index (χ1v) is 7.29. The Bertz CT molecular complexity index is 424. The van der Waals surface area contributed by atoms with Gasteiger partial charge in [-0.2, -0.15) is 0 Å². The Morgan fingerprint density at radius 1 is 1.40 bits per heavy atom. The molecule has 0 aromatic carbocycles. The zero-order valence-electron chi connectivity index (χ0n) is 12.4. The average molecular weight is 276 g/mol. The van der Waals surface area contributed by atoms with Crippen LogP contribution in [0.1, 0.15) is 29.8 Å². The summed E-state index contributed by atoms with van der Waals surface area (Å²) in [7, 11) is 4.00. The number of pyridine rings is 1. The molecular weight excluding hydrogens is 252 g/mol. The van der Waals surface area contributed by atoms with Gasteiger partial charge < -0.3 is 15.5 Å². The number of anilines is 1. The lowest BCUT2D eigenvalue weighted by atomic mass is 9.94. The fraction of sp³-hybridized carbons (Fsp3) is 0.600. The molecule has 1 aromatic rings. The summed E-state index contributed by atoms with van der Waals surface area (Å²) < 4.78 is 0. The SMILES string of the molecule is CNc1ccc(C(=O)NCCC2CCN(C)CC2)nc1. The van der Waals surface area contributed by atoms with E-state index in [-0.39, 0.29) is 5.91 Å². The molecule has 2 rings (SSSR count). The highest BCUT2D eigenvalue weighted by Gasteiger charge is 2.16. The Morgan fingerprint density at radius 2 is 2.15 bits per heavy atom. The highest BCUT2D eigenvalue weighted by Crippen LogP contribution is 2.18. The van der Waals surface area contributed by atoms with Crippen LogP contribution in [-0.4, -0.2) is 49.5 Å². The van der Waals surface area contributed by atoms with E-state index in [2.05, 4.69) is 27.6 Å². The molecule has 5 heteroatoms. The van der Waals surface area contributed by atoms with Crippen molar-refractivity contribution in [1.82, 2.24) is 15.2 Å². The van der Waals surface area contributed by atoms with Crippen molar-refractivity contribution in [3.63, 3.8) is 0 Å². The number of amides is 1. The summed E-state index contributed by atoms with van der Waals surface area (Å²) in [6.07, 6.45) is 5.21. The highest BCUT2D eigenvalue weighted by atomic mass is 16.1. The molecule has 0 bridgehead atoms. The minimum atomic E-state index is -0.0828. The molecule has 0 saturated carbocycles.